The predicted octanol–water partition coefficient (Wildman–Crippen LogP) is 5.55. The van der Waals surface area contributed by atoms with E-state index >= 15 is 0 Å². The van der Waals surface area contributed by atoms with Gasteiger partial charge < -0.3 is 0 Å². The van der Waals surface area contributed by atoms with Gasteiger partial charge in [-0.2, -0.15) is 11.1 Å². The van der Waals surface area contributed by atoms with Crippen LogP contribution in [0.3, 0.4) is 0 Å². The molecule has 0 aliphatic heterocycles. The van der Waals surface area contributed by atoms with Crippen LogP contribution in [0.4, 0.5) is 0 Å². The maximum Gasteiger partial charge on any atom is 0.181 e. The zero-order valence-electron chi connectivity index (χ0n) is 14.2. The third kappa shape index (κ3) is 2.82. The van der Waals surface area contributed by atoms with Crippen molar-refractivity contribution >= 4 is 23.6 Å². The van der Waals surface area contributed by atoms with Crippen molar-refractivity contribution in [3.05, 3.63) is 52.1 Å². The Morgan fingerprint density at radius 2 is 1.14 bits per heavy atom. The Bertz CT molecular complexity index is 664. The molecule has 0 saturated heterocycles. The molecule has 0 atom stereocenters. The lowest BCUT2D eigenvalue weighted by Crippen LogP contribution is -2.36. The molecule has 0 saturated carbocycles. The summed E-state index contributed by atoms with van der Waals surface area (Å²) in [6.45, 7) is 15.6. The molecule has 0 spiro atoms. The number of halogens is 1. The van der Waals surface area contributed by atoms with Crippen LogP contribution in [0.15, 0.2) is 24.3 Å². The van der Waals surface area contributed by atoms with Crippen LogP contribution < -0.4 is 5.19 Å². The summed E-state index contributed by atoms with van der Waals surface area (Å²) in [7, 11) is -1.88. The Morgan fingerprint density at radius 1 is 0.714 bits per heavy atom. The summed E-state index contributed by atoms with van der Waals surface area (Å²) in [6, 6.07) is 8.67. The lowest BCUT2D eigenvalue weighted by molar-refractivity contribution is 1.18. The smallest absolute Gasteiger partial charge is 0.161 e. The molecule has 0 heterocycles. The van der Waals surface area contributed by atoms with Gasteiger partial charge in [-0.25, -0.2) is 0 Å². The van der Waals surface area contributed by atoms with Crippen LogP contribution in [0.2, 0.25) is 13.1 Å². The fraction of sp³-hybridized carbons (Fsp3) is 0.368. The van der Waals surface area contributed by atoms with Gasteiger partial charge in [0.25, 0.3) is 0 Å². The molecule has 21 heavy (non-hydrogen) atoms. The Hall–Kier alpha value is -1.05. The van der Waals surface area contributed by atoms with Crippen LogP contribution in [0.25, 0.3) is 11.1 Å². The highest BCUT2D eigenvalue weighted by atomic mass is 35.6. The molecule has 0 unspecified atom stereocenters. The molecule has 0 fully saturated rings. The van der Waals surface area contributed by atoms with E-state index < -0.39 is 7.38 Å². The van der Waals surface area contributed by atoms with Crippen molar-refractivity contribution < 1.29 is 0 Å². The first-order valence-electron chi connectivity index (χ1n) is 7.52. The third-order valence-electron chi connectivity index (χ3n) is 4.84. The van der Waals surface area contributed by atoms with Crippen LogP contribution in [0.5, 0.6) is 0 Å². The summed E-state index contributed by atoms with van der Waals surface area (Å²) in [5, 5.41) is 1.33. The Balaban J connectivity index is 2.87. The topological polar surface area (TPSA) is 0 Å². The zero-order valence-corrected chi connectivity index (χ0v) is 15.9. The van der Waals surface area contributed by atoms with Crippen molar-refractivity contribution in [2.45, 2.75) is 47.7 Å². The van der Waals surface area contributed by atoms with E-state index in [1.807, 2.05) is 0 Å². The monoisotopic (exact) mass is 316 g/mol. The van der Waals surface area contributed by atoms with Crippen LogP contribution in [-0.4, -0.2) is 7.38 Å². The van der Waals surface area contributed by atoms with E-state index in [0.717, 1.165) is 0 Å². The molecule has 0 bridgehead atoms. The maximum atomic E-state index is 6.77. The van der Waals surface area contributed by atoms with Crippen molar-refractivity contribution in [1.82, 2.24) is 0 Å². The molecule has 0 amide bonds. The van der Waals surface area contributed by atoms with Gasteiger partial charge in [0.1, 0.15) is 0 Å². The van der Waals surface area contributed by atoms with Gasteiger partial charge in [-0.3, -0.25) is 0 Å². The van der Waals surface area contributed by atoms with Crippen LogP contribution in [-0.2, 0) is 0 Å². The van der Waals surface area contributed by atoms with Gasteiger partial charge >= 0.3 is 0 Å². The summed E-state index contributed by atoms with van der Waals surface area (Å²) in [6.07, 6.45) is 0. The SMILES string of the molecule is Cc1c(C)c(C)c(-c2ccccc2[Si](C)(C)Cl)c(C)c1C. The zero-order chi connectivity index (χ0) is 15.9. The van der Waals surface area contributed by atoms with Crippen LogP contribution >= 0.6 is 11.1 Å². The fourth-order valence-corrected chi connectivity index (χ4v) is 4.96. The fourth-order valence-electron chi connectivity index (χ4n) is 3.12. The first kappa shape index (κ1) is 16.3. The lowest BCUT2D eigenvalue weighted by Gasteiger charge is -2.24. The average Bonchev–Trinajstić information content (AvgIpc) is 2.43. The second kappa shape index (κ2) is 5.62. The molecule has 0 N–H and O–H groups in total. The van der Waals surface area contributed by atoms with Gasteiger partial charge in [-0.1, -0.05) is 37.4 Å². The molecule has 0 aliphatic carbocycles. The summed E-state index contributed by atoms with van der Waals surface area (Å²) < 4.78 is 0. The minimum atomic E-state index is -1.88. The second-order valence-electron chi connectivity index (χ2n) is 6.52. The minimum Gasteiger partial charge on any atom is -0.161 e. The third-order valence-corrected chi connectivity index (χ3v) is 7.16. The minimum absolute atomic E-state index is 1.32. The maximum absolute atomic E-state index is 6.77. The van der Waals surface area contributed by atoms with Crippen molar-refractivity contribution in [3.63, 3.8) is 0 Å². The van der Waals surface area contributed by atoms with E-state index in [2.05, 4.69) is 72.0 Å². The number of benzene rings is 2. The molecule has 2 aromatic carbocycles. The molecule has 0 nitrogen and oxygen atoms in total. The summed E-state index contributed by atoms with van der Waals surface area (Å²) in [5.41, 5.74) is 9.69. The van der Waals surface area contributed by atoms with Crippen molar-refractivity contribution in [2.24, 2.45) is 0 Å². The first-order chi connectivity index (χ1) is 9.66. The first-order valence-corrected chi connectivity index (χ1v) is 11.5. The van der Waals surface area contributed by atoms with Gasteiger partial charge in [-0.05, 0) is 78.7 Å². The summed E-state index contributed by atoms with van der Waals surface area (Å²) in [4.78, 5) is 0. The Kier molecular flexibility index (Phi) is 4.37. The van der Waals surface area contributed by atoms with Gasteiger partial charge in [0, 0.05) is 0 Å². The number of rotatable bonds is 2. The summed E-state index contributed by atoms with van der Waals surface area (Å²) >= 11 is 6.77. The van der Waals surface area contributed by atoms with Crippen molar-refractivity contribution in [3.8, 4) is 11.1 Å². The molecular formula is C19H25ClSi. The number of hydrogen-bond acceptors (Lipinski definition) is 0. The van der Waals surface area contributed by atoms with Crippen molar-refractivity contribution in [1.29, 1.82) is 0 Å². The highest BCUT2D eigenvalue weighted by molar-refractivity contribution is 7.26. The molecule has 0 aliphatic rings. The highest BCUT2D eigenvalue weighted by Gasteiger charge is 2.25. The van der Waals surface area contributed by atoms with E-state index in [1.54, 1.807) is 0 Å². The van der Waals surface area contributed by atoms with Gasteiger partial charge in [-0.15, -0.1) is 0 Å². The quantitative estimate of drug-likeness (QED) is 0.503. The molecule has 2 aromatic rings. The summed E-state index contributed by atoms with van der Waals surface area (Å²) in [5.74, 6) is 0. The second-order valence-corrected chi connectivity index (χ2v) is 12.8. The van der Waals surface area contributed by atoms with Gasteiger partial charge in [0.05, 0.1) is 0 Å². The Morgan fingerprint density at radius 3 is 1.62 bits per heavy atom. The standard InChI is InChI=1S/C19H25ClSi/c1-12-13(2)15(4)19(16(5)14(12)3)17-10-8-9-11-18(17)21(6,7)20/h8-11H,1-7H3. The van der Waals surface area contributed by atoms with Gasteiger partial charge in [0.15, 0.2) is 7.38 Å². The molecule has 0 radical (unpaired) electrons. The average molecular weight is 317 g/mol. The van der Waals surface area contributed by atoms with E-state index in [-0.39, 0.29) is 0 Å². The predicted molar refractivity (Wildman–Crippen MR) is 98.5 cm³/mol. The molecular weight excluding hydrogens is 292 g/mol. The van der Waals surface area contributed by atoms with E-state index in [0.29, 0.717) is 0 Å². The molecule has 2 heteroatoms. The number of hydrogen-bond donors (Lipinski definition) is 0. The normalized spacial score (nSPS) is 11.8. The van der Waals surface area contributed by atoms with Crippen LogP contribution in [0.1, 0.15) is 27.8 Å². The van der Waals surface area contributed by atoms with E-state index in [4.69, 9.17) is 11.1 Å². The van der Waals surface area contributed by atoms with E-state index in [9.17, 15) is 0 Å². The van der Waals surface area contributed by atoms with Crippen LogP contribution in [0, 0.1) is 34.6 Å². The van der Waals surface area contributed by atoms with Gasteiger partial charge in [0.2, 0.25) is 0 Å². The van der Waals surface area contributed by atoms with Crippen molar-refractivity contribution in [2.75, 3.05) is 0 Å². The Labute approximate surface area is 134 Å². The molecule has 0 aromatic heterocycles. The van der Waals surface area contributed by atoms with E-state index in [1.165, 1.54) is 44.1 Å². The lowest BCUT2D eigenvalue weighted by atomic mass is 9.86. The molecule has 112 valence electrons. The highest BCUT2D eigenvalue weighted by Crippen LogP contribution is 2.34. The molecule has 2 rings (SSSR count). The largest absolute Gasteiger partial charge is 0.181 e.